The number of hydrogen-bond donors (Lipinski definition) is 1. The molecule has 20 heavy (non-hydrogen) atoms. The van der Waals surface area contributed by atoms with E-state index >= 15 is 0 Å². The van der Waals surface area contributed by atoms with Gasteiger partial charge in [-0.1, -0.05) is 34.2 Å². The fourth-order valence-corrected chi connectivity index (χ4v) is 4.57. The monoisotopic (exact) mass is 405 g/mol. The second kappa shape index (κ2) is 4.67. The molecule has 8 heteroatoms. The summed E-state index contributed by atoms with van der Waals surface area (Å²) in [6.07, 6.45) is 5.51. The zero-order valence-electron chi connectivity index (χ0n) is 10.5. The highest BCUT2D eigenvalue weighted by molar-refractivity contribution is 14.1. The zero-order chi connectivity index (χ0) is 13.9. The van der Waals surface area contributed by atoms with Crippen molar-refractivity contribution < 1.29 is 4.74 Å². The lowest BCUT2D eigenvalue weighted by molar-refractivity contribution is 0.00612. The van der Waals surface area contributed by atoms with Crippen molar-refractivity contribution in [2.45, 2.75) is 35.5 Å². The van der Waals surface area contributed by atoms with Crippen LogP contribution in [0, 0.1) is 5.92 Å². The zero-order valence-corrected chi connectivity index (χ0v) is 13.5. The van der Waals surface area contributed by atoms with Crippen molar-refractivity contribution in [2.24, 2.45) is 5.92 Å². The van der Waals surface area contributed by atoms with Gasteiger partial charge in [-0.3, -0.25) is 4.57 Å². The third-order valence-electron chi connectivity index (χ3n) is 4.16. The van der Waals surface area contributed by atoms with Gasteiger partial charge < -0.3 is 10.5 Å². The third kappa shape index (κ3) is 1.90. The summed E-state index contributed by atoms with van der Waals surface area (Å²) >= 11 is 8.54. The molecule has 1 aliphatic heterocycles. The van der Waals surface area contributed by atoms with Crippen LogP contribution in [0.15, 0.2) is 6.33 Å². The summed E-state index contributed by atoms with van der Waals surface area (Å²) in [5.74, 6) is 0.795. The maximum absolute atomic E-state index is 6.20. The number of aromatic nitrogens is 4. The van der Waals surface area contributed by atoms with Gasteiger partial charge in [0.25, 0.3) is 0 Å². The second-order valence-electron chi connectivity index (χ2n) is 5.34. The molecule has 1 aliphatic carbocycles. The van der Waals surface area contributed by atoms with Gasteiger partial charge in [0, 0.05) is 3.92 Å². The molecule has 4 rings (SSSR count). The summed E-state index contributed by atoms with van der Waals surface area (Å²) < 4.78 is 8.73. The predicted molar refractivity (Wildman–Crippen MR) is 83.8 cm³/mol. The Balaban J connectivity index is 1.73. The fourth-order valence-electron chi connectivity index (χ4n) is 3.23. The van der Waals surface area contributed by atoms with Crippen LogP contribution in [0.25, 0.3) is 11.2 Å². The van der Waals surface area contributed by atoms with Crippen LogP contribution in [0.2, 0.25) is 5.15 Å². The van der Waals surface area contributed by atoms with E-state index in [-0.39, 0.29) is 17.3 Å². The summed E-state index contributed by atoms with van der Waals surface area (Å²) in [6, 6.07) is 0. The van der Waals surface area contributed by atoms with Crippen LogP contribution in [0.3, 0.4) is 0 Å². The van der Waals surface area contributed by atoms with E-state index in [4.69, 9.17) is 22.1 Å². The van der Waals surface area contributed by atoms with E-state index in [2.05, 4.69) is 37.5 Å². The summed E-state index contributed by atoms with van der Waals surface area (Å²) in [5, 5.41) is 0.288. The van der Waals surface area contributed by atoms with Gasteiger partial charge in [0.15, 0.2) is 10.8 Å². The Morgan fingerprint density at radius 3 is 3.05 bits per heavy atom. The van der Waals surface area contributed by atoms with Crippen LogP contribution in [0.5, 0.6) is 0 Å². The molecule has 6 nitrogen and oxygen atoms in total. The average molecular weight is 406 g/mol. The Hall–Kier alpha value is -0.670. The maximum atomic E-state index is 6.20. The SMILES string of the molecule is Nc1nc(Cl)c2ncn([C@H]3C[C@H]4CCC(I)[C@H]4O3)c2n1. The number of nitrogen functional groups attached to an aromatic ring is 1. The van der Waals surface area contributed by atoms with Crippen LogP contribution in [0.1, 0.15) is 25.5 Å². The average Bonchev–Trinajstić information content (AvgIpc) is 3.05. The number of imidazole rings is 1. The van der Waals surface area contributed by atoms with Crippen LogP contribution < -0.4 is 5.73 Å². The van der Waals surface area contributed by atoms with Crippen molar-refractivity contribution in [1.82, 2.24) is 19.5 Å². The van der Waals surface area contributed by atoms with Gasteiger partial charge in [-0.15, -0.1) is 0 Å². The molecule has 1 unspecified atom stereocenters. The lowest BCUT2D eigenvalue weighted by Gasteiger charge is -2.16. The van der Waals surface area contributed by atoms with Crippen LogP contribution in [0.4, 0.5) is 5.95 Å². The number of halogens is 2. The minimum Gasteiger partial charge on any atom is -0.368 e. The number of rotatable bonds is 1. The molecule has 106 valence electrons. The Morgan fingerprint density at radius 2 is 2.25 bits per heavy atom. The van der Waals surface area contributed by atoms with Crippen molar-refractivity contribution >= 4 is 51.3 Å². The van der Waals surface area contributed by atoms with Gasteiger partial charge in [-0.25, -0.2) is 4.98 Å². The summed E-state index contributed by atoms with van der Waals surface area (Å²) in [5.41, 5.74) is 6.90. The molecule has 1 saturated heterocycles. The first-order chi connectivity index (χ1) is 9.63. The Morgan fingerprint density at radius 1 is 1.40 bits per heavy atom. The van der Waals surface area contributed by atoms with Crippen molar-refractivity contribution in [3.8, 4) is 0 Å². The normalized spacial score (nSPS) is 32.9. The highest BCUT2D eigenvalue weighted by atomic mass is 127. The fraction of sp³-hybridized carbons (Fsp3) is 0.583. The number of nitrogens with zero attached hydrogens (tertiary/aromatic N) is 4. The maximum Gasteiger partial charge on any atom is 0.223 e. The minimum absolute atomic E-state index is 0.0297. The highest BCUT2D eigenvalue weighted by Gasteiger charge is 2.44. The van der Waals surface area contributed by atoms with Crippen LogP contribution in [-0.4, -0.2) is 29.5 Å². The molecular formula is C12H13ClIN5O. The van der Waals surface area contributed by atoms with Crippen molar-refractivity contribution in [1.29, 1.82) is 0 Å². The van der Waals surface area contributed by atoms with E-state index in [0.717, 1.165) is 6.42 Å². The van der Waals surface area contributed by atoms with Gasteiger partial charge >= 0.3 is 0 Å². The van der Waals surface area contributed by atoms with E-state index < -0.39 is 0 Å². The van der Waals surface area contributed by atoms with Crippen molar-refractivity contribution in [2.75, 3.05) is 5.73 Å². The molecular weight excluding hydrogens is 393 g/mol. The van der Waals surface area contributed by atoms with E-state index in [1.165, 1.54) is 12.8 Å². The highest BCUT2D eigenvalue weighted by Crippen LogP contribution is 2.46. The molecule has 2 aromatic rings. The number of fused-ring (bicyclic) bond motifs is 2. The standard InChI is InChI=1S/C12H13ClIN5O/c13-10-8-11(18-12(15)17-10)19(4-16-8)7-3-5-1-2-6(14)9(5)20-7/h4-7,9H,1-3H2,(H2,15,17,18)/t5-,6?,7-,9+/m1/s1. The van der Waals surface area contributed by atoms with Gasteiger partial charge in [0.1, 0.15) is 11.7 Å². The largest absolute Gasteiger partial charge is 0.368 e. The first-order valence-electron chi connectivity index (χ1n) is 6.58. The predicted octanol–water partition coefficient (Wildman–Crippen LogP) is 2.56. The van der Waals surface area contributed by atoms with Gasteiger partial charge in [-0.05, 0) is 25.2 Å². The molecule has 0 spiro atoms. The van der Waals surface area contributed by atoms with Crippen LogP contribution in [-0.2, 0) is 4.74 Å². The van der Waals surface area contributed by atoms with E-state index in [1.54, 1.807) is 6.33 Å². The van der Waals surface area contributed by atoms with Crippen molar-refractivity contribution in [3.05, 3.63) is 11.5 Å². The molecule has 0 radical (unpaired) electrons. The molecule has 0 bridgehead atoms. The van der Waals surface area contributed by atoms with E-state index in [1.807, 2.05) is 4.57 Å². The van der Waals surface area contributed by atoms with Crippen LogP contribution >= 0.6 is 34.2 Å². The van der Waals surface area contributed by atoms with E-state index in [0.29, 0.717) is 27.1 Å². The molecule has 2 aromatic heterocycles. The molecule has 3 heterocycles. The first-order valence-corrected chi connectivity index (χ1v) is 8.21. The summed E-state index contributed by atoms with van der Waals surface area (Å²) in [7, 11) is 0. The lowest BCUT2D eigenvalue weighted by atomic mass is 10.0. The van der Waals surface area contributed by atoms with Gasteiger partial charge in [0.05, 0.1) is 12.4 Å². The van der Waals surface area contributed by atoms with Gasteiger partial charge in [0.2, 0.25) is 5.95 Å². The second-order valence-corrected chi connectivity index (χ2v) is 7.30. The van der Waals surface area contributed by atoms with Crippen molar-refractivity contribution in [3.63, 3.8) is 0 Å². The number of ether oxygens (including phenoxy) is 1. The van der Waals surface area contributed by atoms with E-state index in [9.17, 15) is 0 Å². The lowest BCUT2D eigenvalue weighted by Crippen LogP contribution is -2.19. The first kappa shape index (κ1) is 13.0. The number of hydrogen-bond acceptors (Lipinski definition) is 5. The Labute approximate surface area is 134 Å². The van der Waals surface area contributed by atoms with Gasteiger partial charge in [-0.2, -0.15) is 9.97 Å². The third-order valence-corrected chi connectivity index (χ3v) is 5.75. The number of nitrogens with two attached hydrogens (primary N) is 1. The summed E-state index contributed by atoms with van der Waals surface area (Å²) in [4.78, 5) is 12.5. The molecule has 1 saturated carbocycles. The molecule has 4 atom stereocenters. The molecule has 2 N–H and O–H groups in total. The Bertz CT molecular complexity index is 677. The number of anilines is 1. The molecule has 2 fully saturated rings. The Kier molecular flexibility index (Phi) is 3.04. The smallest absolute Gasteiger partial charge is 0.223 e. The summed E-state index contributed by atoms with van der Waals surface area (Å²) in [6.45, 7) is 0. The number of alkyl halides is 1. The quantitative estimate of drug-likeness (QED) is 0.448. The molecule has 0 amide bonds. The molecule has 2 aliphatic rings. The topological polar surface area (TPSA) is 78.8 Å². The molecule has 0 aromatic carbocycles. The minimum atomic E-state index is -0.0297.